The van der Waals surface area contributed by atoms with E-state index in [1.165, 1.54) is 11.1 Å². The smallest absolute Gasteiger partial charge is 0.234 e. The third kappa shape index (κ3) is 3.83. The molecular weight excluding hydrogens is 248 g/mol. The molecule has 20 heavy (non-hydrogen) atoms. The molecule has 1 aliphatic rings. The van der Waals surface area contributed by atoms with Gasteiger partial charge in [0.2, 0.25) is 5.91 Å². The summed E-state index contributed by atoms with van der Waals surface area (Å²) in [6, 6.07) is 8.97. The topological polar surface area (TPSA) is 32.3 Å². The predicted molar refractivity (Wildman–Crippen MR) is 82.6 cm³/mol. The SMILES string of the molecule is CC(C)CCNC(=O)CN(C)[C@@H]1CCc2ccccc21. The maximum absolute atomic E-state index is 12.0. The first-order valence-corrected chi connectivity index (χ1v) is 7.62. The zero-order chi connectivity index (χ0) is 14.5. The Labute approximate surface area is 122 Å². The molecule has 0 unspecified atom stereocenters. The molecule has 1 amide bonds. The lowest BCUT2D eigenvalue weighted by molar-refractivity contribution is -0.122. The molecule has 110 valence electrons. The van der Waals surface area contributed by atoms with Crippen LogP contribution < -0.4 is 5.32 Å². The Morgan fingerprint density at radius 3 is 2.90 bits per heavy atom. The predicted octanol–water partition coefficient (Wildman–Crippen LogP) is 2.77. The van der Waals surface area contributed by atoms with Gasteiger partial charge >= 0.3 is 0 Å². The molecule has 0 fully saturated rings. The molecule has 0 bridgehead atoms. The number of nitrogens with zero attached hydrogens (tertiary/aromatic N) is 1. The van der Waals surface area contributed by atoms with Crippen molar-refractivity contribution in [1.29, 1.82) is 0 Å². The Kier molecular flexibility index (Phi) is 5.18. The van der Waals surface area contributed by atoms with Gasteiger partial charge in [-0.15, -0.1) is 0 Å². The van der Waals surface area contributed by atoms with E-state index in [9.17, 15) is 4.79 Å². The number of carbonyl (C=O) groups excluding carboxylic acids is 1. The minimum atomic E-state index is 0.137. The molecule has 0 radical (unpaired) electrons. The van der Waals surface area contributed by atoms with Gasteiger partial charge < -0.3 is 5.32 Å². The van der Waals surface area contributed by atoms with Gasteiger partial charge in [0.25, 0.3) is 0 Å². The summed E-state index contributed by atoms with van der Waals surface area (Å²) in [4.78, 5) is 14.1. The van der Waals surface area contributed by atoms with Crippen LogP contribution in [-0.2, 0) is 11.2 Å². The van der Waals surface area contributed by atoms with Crippen molar-refractivity contribution in [3.05, 3.63) is 35.4 Å². The largest absolute Gasteiger partial charge is 0.355 e. The van der Waals surface area contributed by atoms with Crippen LogP contribution in [0, 0.1) is 5.92 Å². The van der Waals surface area contributed by atoms with Crippen molar-refractivity contribution < 1.29 is 4.79 Å². The van der Waals surface area contributed by atoms with Gasteiger partial charge in [-0.1, -0.05) is 38.1 Å². The molecule has 1 N–H and O–H groups in total. The van der Waals surface area contributed by atoms with E-state index in [4.69, 9.17) is 0 Å². The van der Waals surface area contributed by atoms with Crippen LogP contribution in [0.5, 0.6) is 0 Å². The minimum Gasteiger partial charge on any atom is -0.355 e. The number of likely N-dealkylation sites (N-methyl/N-ethyl adjacent to an activating group) is 1. The van der Waals surface area contributed by atoms with Crippen LogP contribution in [-0.4, -0.2) is 30.9 Å². The van der Waals surface area contributed by atoms with Crippen LogP contribution in [0.4, 0.5) is 0 Å². The average Bonchev–Trinajstić information content (AvgIpc) is 2.82. The van der Waals surface area contributed by atoms with Crippen molar-refractivity contribution in [2.24, 2.45) is 5.92 Å². The second-order valence-corrected chi connectivity index (χ2v) is 6.20. The third-order valence-corrected chi connectivity index (χ3v) is 4.07. The zero-order valence-electron chi connectivity index (χ0n) is 12.9. The molecule has 1 aliphatic carbocycles. The Balaban J connectivity index is 1.84. The molecule has 0 heterocycles. The fourth-order valence-corrected chi connectivity index (χ4v) is 2.89. The van der Waals surface area contributed by atoms with E-state index in [1.54, 1.807) is 0 Å². The fourth-order valence-electron chi connectivity index (χ4n) is 2.89. The normalized spacial score (nSPS) is 17.6. The summed E-state index contributed by atoms with van der Waals surface area (Å²) in [6.45, 7) is 5.62. The monoisotopic (exact) mass is 274 g/mol. The quantitative estimate of drug-likeness (QED) is 0.865. The van der Waals surface area contributed by atoms with Crippen LogP contribution in [0.25, 0.3) is 0 Å². The van der Waals surface area contributed by atoms with Gasteiger partial charge in [-0.2, -0.15) is 0 Å². The maximum Gasteiger partial charge on any atom is 0.234 e. The number of rotatable bonds is 6. The Morgan fingerprint density at radius 2 is 2.15 bits per heavy atom. The number of fused-ring (bicyclic) bond motifs is 1. The molecule has 2 rings (SSSR count). The first kappa shape index (κ1) is 15.0. The Hall–Kier alpha value is -1.35. The van der Waals surface area contributed by atoms with E-state index in [-0.39, 0.29) is 5.91 Å². The average molecular weight is 274 g/mol. The minimum absolute atomic E-state index is 0.137. The van der Waals surface area contributed by atoms with Gasteiger partial charge in [0.15, 0.2) is 0 Å². The highest BCUT2D eigenvalue weighted by Crippen LogP contribution is 2.34. The first-order chi connectivity index (χ1) is 9.58. The molecule has 0 spiro atoms. The van der Waals surface area contributed by atoms with Gasteiger partial charge in [0.05, 0.1) is 6.54 Å². The standard InChI is InChI=1S/C17H26N2O/c1-13(2)10-11-18-17(20)12-19(3)16-9-8-14-6-4-5-7-15(14)16/h4-7,13,16H,8-12H2,1-3H3,(H,18,20)/t16-/m1/s1. The molecule has 3 nitrogen and oxygen atoms in total. The highest BCUT2D eigenvalue weighted by molar-refractivity contribution is 5.78. The molecule has 0 saturated carbocycles. The van der Waals surface area contributed by atoms with E-state index in [0.717, 1.165) is 25.8 Å². The lowest BCUT2D eigenvalue weighted by Gasteiger charge is -2.24. The van der Waals surface area contributed by atoms with E-state index in [1.807, 2.05) is 0 Å². The Morgan fingerprint density at radius 1 is 1.40 bits per heavy atom. The summed E-state index contributed by atoms with van der Waals surface area (Å²) < 4.78 is 0. The third-order valence-electron chi connectivity index (χ3n) is 4.07. The molecule has 0 aromatic heterocycles. The van der Waals surface area contributed by atoms with Crippen molar-refractivity contribution in [2.75, 3.05) is 20.1 Å². The van der Waals surface area contributed by atoms with Crippen LogP contribution in [0.2, 0.25) is 0 Å². The highest BCUT2D eigenvalue weighted by Gasteiger charge is 2.26. The van der Waals surface area contributed by atoms with Gasteiger partial charge in [0, 0.05) is 12.6 Å². The molecule has 0 saturated heterocycles. The summed E-state index contributed by atoms with van der Waals surface area (Å²) in [5, 5.41) is 3.01. The van der Waals surface area contributed by atoms with Crippen LogP contribution in [0.15, 0.2) is 24.3 Å². The number of amides is 1. The van der Waals surface area contributed by atoms with Gasteiger partial charge in [-0.3, -0.25) is 9.69 Å². The Bertz CT molecular complexity index is 456. The van der Waals surface area contributed by atoms with Gasteiger partial charge in [0.1, 0.15) is 0 Å². The number of benzene rings is 1. The van der Waals surface area contributed by atoms with Crippen LogP contribution in [0.1, 0.15) is 43.9 Å². The van der Waals surface area contributed by atoms with E-state index in [0.29, 0.717) is 18.5 Å². The summed E-state index contributed by atoms with van der Waals surface area (Å²) in [6.07, 6.45) is 3.29. The maximum atomic E-state index is 12.0. The van der Waals surface area contributed by atoms with Crippen molar-refractivity contribution in [3.63, 3.8) is 0 Å². The van der Waals surface area contributed by atoms with Crippen molar-refractivity contribution in [2.45, 2.75) is 39.2 Å². The molecule has 1 aromatic carbocycles. The number of carbonyl (C=O) groups is 1. The summed E-state index contributed by atoms with van der Waals surface area (Å²) in [5.74, 6) is 0.771. The van der Waals surface area contributed by atoms with Gasteiger partial charge in [-0.25, -0.2) is 0 Å². The highest BCUT2D eigenvalue weighted by atomic mass is 16.2. The number of hydrogen-bond acceptors (Lipinski definition) is 2. The zero-order valence-corrected chi connectivity index (χ0v) is 12.9. The van der Waals surface area contributed by atoms with E-state index < -0.39 is 0 Å². The lowest BCUT2D eigenvalue weighted by Crippen LogP contribution is -2.37. The lowest BCUT2D eigenvalue weighted by atomic mass is 10.1. The van der Waals surface area contributed by atoms with Crippen LogP contribution in [0.3, 0.4) is 0 Å². The van der Waals surface area contributed by atoms with Crippen LogP contribution >= 0.6 is 0 Å². The molecule has 1 atom stereocenters. The van der Waals surface area contributed by atoms with Crippen molar-refractivity contribution in [3.8, 4) is 0 Å². The van der Waals surface area contributed by atoms with E-state index >= 15 is 0 Å². The summed E-state index contributed by atoms with van der Waals surface area (Å²) in [5.41, 5.74) is 2.83. The number of hydrogen-bond donors (Lipinski definition) is 1. The molecule has 1 aromatic rings. The molecule has 3 heteroatoms. The molecular formula is C17H26N2O. The van der Waals surface area contributed by atoms with Crippen molar-refractivity contribution >= 4 is 5.91 Å². The first-order valence-electron chi connectivity index (χ1n) is 7.62. The summed E-state index contributed by atoms with van der Waals surface area (Å²) >= 11 is 0. The summed E-state index contributed by atoms with van der Waals surface area (Å²) in [7, 11) is 2.05. The fraction of sp³-hybridized carbons (Fsp3) is 0.588. The second-order valence-electron chi connectivity index (χ2n) is 6.20. The second kappa shape index (κ2) is 6.89. The molecule has 0 aliphatic heterocycles. The van der Waals surface area contributed by atoms with E-state index in [2.05, 4.69) is 55.4 Å². The van der Waals surface area contributed by atoms with Gasteiger partial charge in [-0.05, 0) is 43.4 Å². The number of nitrogens with one attached hydrogen (secondary N) is 1. The van der Waals surface area contributed by atoms with Crippen molar-refractivity contribution in [1.82, 2.24) is 10.2 Å². The number of aryl methyl sites for hydroxylation is 1.